The minimum absolute atomic E-state index is 0. The molecule has 2 aliphatic rings. The maximum atomic E-state index is 11.4. The number of hydrogen-bond donors (Lipinski definition) is 23. The van der Waals surface area contributed by atoms with Crippen molar-refractivity contribution < 1.29 is 278 Å². The Bertz CT molecular complexity index is 1810. The minimum Gasteiger partial charge on any atom is -0.756 e. The summed E-state index contributed by atoms with van der Waals surface area (Å²) in [6, 6.07) is 0. The van der Waals surface area contributed by atoms with Gasteiger partial charge < -0.3 is 122 Å². The quantitative estimate of drug-likeness (QED) is 0.0315. The van der Waals surface area contributed by atoms with Gasteiger partial charge in [0.05, 0.1) is 0 Å². The summed E-state index contributed by atoms with van der Waals surface area (Å²) in [6.45, 7) is 0. The summed E-state index contributed by atoms with van der Waals surface area (Å²) in [6.07, 6.45) is -37.9. The zero-order valence-corrected chi connectivity index (χ0v) is 47.6. The van der Waals surface area contributed by atoms with E-state index >= 15 is 0 Å². The van der Waals surface area contributed by atoms with Gasteiger partial charge in [-0.05, 0) is 0 Å². The summed E-state index contributed by atoms with van der Waals surface area (Å²) >= 11 is 0. The number of rotatable bonds is 24. The van der Waals surface area contributed by atoms with Gasteiger partial charge in [-0.2, -0.15) is 0 Å². The third kappa shape index (κ3) is 32.4. The first-order valence-electron chi connectivity index (χ1n) is 16.0. The Morgan fingerprint density at radius 3 is 0.315 bits per heavy atom. The average molecular weight is 1360 g/mol. The molecule has 2 aliphatic carbocycles. The molecule has 2 saturated carbocycles. The van der Waals surface area contributed by atoms with Gasteiger partial charge in [-0.15, -0.1) is 0 Å². The van der Waals surface area contributed by atoms with Crippen LogP contribution in [0.1, 0.15) is 0 Å². The first kappa shape index (κ1) is 76.0. The fraction of sp³-hybridized carbons (Fsp3) is 1.00. The SMILES string of the molecule is O=P(O)(O)O[C@H]1[C@H](OP(=O)(O)O)[C@@H](OP(=O)(O)O)[C@H](OP(=O)(O)O)[C@@H](OP(=O)(O)O)[C@H]1OP(=O)(O)O.O=P([O-])(O)O[C@@H]1[C@@H](OP(=O)(O)O)[C@H](OP(=O)(O)O)[C@@H](OP(=O)(O)O)[C@H](OP(=O)(O)O)[C@@H]1OP(=O)(O)O.[K+]. The van der Waals surface area contributed by atoms with Gasteiger partial charge in [0, 0.05) is 0 Å². The van der Waals surface area contributed by atoms with Gasteiger partial charge in [-0.25, -0.2) is 50.2 Å². The Morgan fingerprint density at radius 1 is 0.192 bits per heavy atom. The van der Waals surface area contributed by atoms with E-state index in [1.165, 1.54) is 0 Å². The van der Waals surface area contributed by atoms with Gasteiger partial charge in [-0.1, -0.05) is 0 Å². The Labute approximate surface area is 442 Å². The molecule has 7 atom stereocenters. The van der Waals surface area contributed by atoms with Crippen molar-refractivity contribution in [3.05, 3.63) is 0 Å². The predicted octanol–water partition coefficient (Wildman–Crippen LogP) is -9.89. The zero-order chi connectivity index (χ0) is 57.4. The summed E-state index contributed by atoms with van der Waals surface area (Å²) in [5.41, 5.74) is 0. The molecule has 0 aromatic heterocycles. The molecule has 1 unspecified atom stereocenters. The molecule has 2 fully saturated rings. The molecule has 2 rings (SSSR count). The fourth-order valence-electron chi connectivity index (χ4n) is 5.58. The molecule has 23 N–H and O–H groups in total. The van der Waals surface area contributed by atoms with E-state index in [1.807, 2.05) is 0 Å². The molecule has 48 nitrogen and oxygen atoms in total. The maximum absolute atomic E-state index is 11.4. The predicted molar refractivity (Wildman–Crippen MR) is 201 cm³/mol. The molecule has 73 heavy (non-hydrogen) atoms. The molecular weight excluding hydrogens is 1320 g/mol. The van der Waals surface area contributed by atoms with Crippen molar-refractivity contribution >= 4 is 93.9 Å². The third-order valence-corrected chi connectivity index (χ3v) is 13.2. The molecule has 0 aromatic rings. The summed E-state index contributed by atoms with van der Waals surface area (Å²) in [5, 5.41) is 0. The molecule has 0 heterocycles. The molecule has 0 radical (unpaired) electrons. The van der Waals surface area contributed by atoms with Crippen LogP contribution in [0.4, 0.5) is 0 Å². The molecule has 0 spiro atoms. The fourth-order valence-corrected chi connectivity index (χ4v) is 12.3. The van der Waals surface area contributed by atoms with Gasteiger partial charge in [0.15, 0.2) is 0 Å². The summed E-state index contributed by atoms with van der Waals surface area (Å²) in [5.74, 6) is 0. The maximum Gasteiger partial charge on any atom is 1.00 e. The van der Waals surface area contributed by atoms with Crippen molar-refractivity contribution in [2.45, 2.75) is 73.2 Å². The Kier molecular flexibility index (Phi) is 28.2. The second kappa shape index (κ2) is 27.1. The van der Waals surface area contributed by atoms with Crippen LogP contribution in [0.25, 0.3) is 0 Å². The summed E-state index contributed by atoms with van der Waals surface area (Å²) < 4.78 is 186. The smallest absolute Gasteiger partial charge is 0.756 e. The van der Waals surface area contributed by atoms with E-state index in [1.54, 1.807) is 0 Å². The van der Waals surface area contributed by atoms with Crippen LogP contribution in [0.3, 0.4) is 0 Å². The van der Waals surface area contributed by atoms with Crippen LogP contribution in [0, 0.1) is 0 Å². The average Bonchev–Trinajstić information content (AvgIpc) is 3.01. The molecular formula is C12H35KO48P12. The van der Waals surface area contributed by atoms with Crippen LogP contribution in [-0.4, -0.2) is 186 Å². The largest absolute Gasteiger partial charge is 1.00 e. The van der Waals surface area contributed by atoms with Gasteiger partial charge >= 0.3 is 137 Å². The Morgan fingerprint density at radius 2 is 0.260 bits per heavy atom. The van der Waals surface area contributed by atoms with E-state index in [2.05, 4.69) is 54.3 Å². The van der Waals surface area contributed by atoms with Crippen LogP contribution in [0.2, 0.25) is 0 Å². The third-order valence-electron chi connectivity index (χ3n) is 6.99. The number of hydrogen-bond acceptors (Lipinski definition) is 25. The van der Waals surface area contributed by atoms with E-state index < -0.39 is 167 Å². The Balaban J connectivity index is 0.00000140. The van der Waals surface area contributed by atoms with Crippen molar-refractivity contribution in [3.8, 4) is 0 Å². The second-order valence-corrected chi connectivity index (χ2v) is 27.0. The summed E-state index contributed by atoms with van der Waals surface area (Å²) in [7, 11) is -72.5. The topological polar surface area (TPSA) is 804 Å². The van der Waals surface area contributed by atoms with E-state index in [-0.39, 0.29) is 51.4 Å². The van der Waals surface area contributed by atoms with Crippen LogP contribution in [0.15, 0.2) is 0 Å². The monoisotopic (exact) mass is 1360 g/mol. The van der Waals surface area contributed by atoms with Crippen molar-refractivity contribution in [1.29, 1.82) is 0 Å². The molecule has 61 heteroatoms. The van der Waals surface area contributed by atoms with Gasteiger partial charge in [0.25, 0.3) is 7.82 Å². The van der Waals surface area contributed by atoms with Crippen LogP contribution in [0.5, 0.6) is 0 Å². The van der Waals surface area contributed by atoms with Crippen molar-refractivity contribution in [3.63, 3.8) is 0 Å². The van der Waals surface area contributed by atoms with Crippen LogP contribution in [-0.2, 0) is 109 Å². The van der Waals surface area contributed by atoms with Gasteiger partial charge in [0.1, 0.15) is 73.2 Å². The van der Waals surface area contributed by atoms with Crippen LogP contribution >= 0.6 is 93.9 Å². The standard InChI is InChI=1S/2C6H18O24P6.K/c2*7-31(8,9)25-1-2(26-32(10,11)12)4(28-34(16,17)18)6(30-36(22,23)24)5(29-35(19,20)21)3(1)27-33(13,14)15;/h2*1-6H,(H2,7,8,9)(H2,10,11,12)(H2,13,14,15)(H2,16,17,18)(H2,19,20,21)(H2,22,23,24);/q;;+1/p-1/t2*1-,2-,3-,4+,5-,6-;. The van der Waals surface area contributed by atoms with Gasteiger partial charge in [0.2, 0.25) is 0 Å². The first-order valence-corrected chi connectivity index (χ1v) is 34.3. The molecule has 0 bridgehead atoms. The van der Waals surface area contributed by atoms with Crippen LogP contribution < -0.4 is 56.3 Å². The first-order chi connectivity index (χ1) is 31.1. The van der Waals surface area contributed by atoms with Crippen molar-refractivity contribution in [1.82, 2.24) is 0 Å². The molecule has 0 aliphatic heterocycles. The molecule has 0 saturated heterocycles. The number of phosphoric ester groups is 12. The normalized spacial score (nSPS) is 29.6. The van der Waals surface area contributed by atoms with E-state index in [4.69, 9.17) is 113 Å². The summed E-state index contributed by atoms with van der Waals surface area (Å²) in [4.78, 5) is 221. The number of phosphoric acid groups is 12. The molecule has 0 amide bonds. The molecule has 0 aromatic carbocycles. The second-order valence-electron chi connectivity index (χ2n) is 12.7. The van der Waals surface area contributed by atoms with E-state index in [0.29, 0.717) is 0 Å². The van der Waals surface area contributed by atoms with Crippen molar-refractivity contribution in [2.75, 3.05) is 0 Å². The van der Waals surface area contributed by atoms with E-state index in [0.717, 1.165) is 0 Å². The van der Waals surface area contributed by atoms with Crippen molar-refractivity contribution in [2.24, 2.45) is 0 Å². The zero-order valence-electron chi connectivity index (χ0n) is 33.8. The molecule has 432 valence electrons. The Hall–Kier alpha value is 2.96. The van der Waals surface area contributed by atoms with E-state index in [9.17, 15) is 59.7 Å². The van der Waals surface area contributed by atoms with Gasteiger partial charge in [-0.3, -0.25) is 54.3 Å². The minimum atomic E-state index is -6.27.